The van der Waals surface area contributed by atoms with E-state index >= 15 is 0 Å². The number of benzene rings is 1. The lowest BCUT2D eigenvalue weighted by Crippen LogP contribution is -2.19. The quantitative estimate of drug-likeness (QED) is 0.733. The number of hydrogen-bond acceptors (Lipinski definition) is 3. The molecule has 1 heterocycles. The van der Waals surface area contributed by atoms with Crippen molar-refractivity contribution in [1.82, 2.24) is 5.32 Å². The van der Waals surface area contributed by atoms with E-state index in [2.05, 4.69) is 21.2 Å². The Bertz CT molecular complexity index is 411. The average molecular weight is 346 g/mol. The van der Waals surface area contributed by atoms with Gasteiger partial charge in [0.05, 0.1) is 12.7 Å². The van der Waals surface area contributed by atoms with E-state index in [4.69, 9.17) is 9.47 Å². The molecule has 1 aliphatic rings. The van der Waals surface area contributed by atoms with Crippen LogP contribution < -0.4 is 5.32 Å². The number of hydrogen-bond donors (Lipinski definition) is 1. The summed E-state index contributed by atoms with van der Waals surface area (Å²) < 4.78 is 24.8. The molecule has 1 aromatic rings. The van der Waals surface area contributed by atoms with Gasteiger partial charge in [-0.1, -0.05) is 22.0 Å². The van der Waals surface area contributed by atoms with Gasteiger partial charge in [0, 0.05) is 24.2 Å². The van der Waals surface area contributed by atoms with Crippen LogP contribution in [0.2, 0.25) is 0 Å². The maximum absolute atomic E-state index is 12.9. The second-order valence-electron chi connectivity index (χ2n) is 4.98. The zero-order chi connectivity index (χ0) is 14.2. The van der Waals surface area contributed by atoms with E-state index in [9.17, 15) is 4.39 Å². The van der Waals surface area contributed by atoms with Gasteiger partial charge in [0.1, 0.15) is 5.82 Å². The van der Waals surface area contributed by atoms with Crippen molar-refractivity contribution in [2.24, 2.45) is 0 Å². The minimum Gasteiger partial charge on any atom is -0.379 e. The van der Waals surface area contributed by atoms with Crippen LogP contribution in [0.25, 0.3) is 0 Å². The SMILES string of the molecule is Fc1ccc(CNCCCOCC2CCCO2)c(Br)c1. The fraction of sp³-hybridized carbons (Fsp3) is 0.600. The molecule has 0 spiro atoms. The van der Waals surface area contributed by atoms with Crippen LogP contribution in [-0.4, -0.2) is 32.5 Å². The number of nitrogens with one attached hydrogen (secondary N) is 1. The van der Waals surface area contributed by atoms with E-state index in [-0.39, 0.29) is 5.82 Å². The van der Waals surface area contributed by atoms with Gasteiger partial charge < -0.3 is 14.8 Å². The summed E-state index contributed by atoms with van der Waals surface area (Å²) in [6.07, 6.45) is 3.54. The molecule has 20 heavy (non-hydrogen) atoms. The molecule has 0 radical (unpaired) electrons. The smallest absolute Gasteiger partial charge is 0.124 e. The second-order valence-corrected chi connectivity index (χ2v) is 5.83. The van der Waals surface area contributed by atoms with Gasteiger partial charge in [-0.05, 0) is 43.5 Å². The summed E-state index contributed by atoms with van der Waals surface area (Å²) in [4.78, 5) is 0. The summed E-state index contributed by atoms with van der Waals surface area (Å²) in [7, 11) is 0. The molecule has 1 N–H and O–H groups in total. The molecule has 1 atom stereocenters. The molecule has 3 nitrogen and oxygen atoms in total. The first-order valence-corrected chi connectivity index (χ1v) is 7.89. The van der Waals surface area contributed by atoms with Crippen molar-refractivity contribution in [3.8, 4) is 0 Å². The Balaban J connectivity index is 1.50. The third-order valence-electron chi connectivity index (χ3n) is 3.30. The Kier molecular flexibility index (Phi) is 6.93. The Morgan fingerprint density at radius 2 is 2.35 bits per heavy atom. The minimum atomic E-state index is -0.219. The highest BCUT2D eigenvalue weighted by Gasteiger charge is 2.14. The normalized spacial score (nSPS) is 18.6. The lowest BCUT2D eigenvalue weighted by molar-refractivity contribution is 0.0166. The Labute approximate surface area is 128 Å². The lowest BCUT2D eigenvalue weighted by atomic mass is 10.2. The molecule has 0 bridgehead atoms. The topological polar surface area (TPSA) is 30.5 Å². The van der Waals surface area contributed by atoms with Crippen molar-refractivity contribution in [3.63, 3.8) is 0 Å². The molecular weight excluding hydrogens is 325 g/mol. The van der Waals surface area contributed by atoms with Crippen molar-refractivity contribution in [3.05, 3.63) is 34.1 Å². The fourth-order valence-electron chi connectivity index (χ4n) is 2.18. The number of halogens is 2. The predicted octanol–water partition coefficient (Wildman–Crippen LogP) is 3.26. The summed E-state index contributed by atoms with van der Waals surface area (Å²) in [5, 5.41) is 3.33. The van der Waals surface area contributed by atoms with Gasteiger partial charge in [0.2, 0.25) is 0 Å². The lowest BCUT2D eigenvalue weighted by Gasteiger charge is -2.10. The van der Waals surface area contributed by atoms with E-state index in [0.29, 0.717) is 12.7 Å². The van der Waals surface area contributed by atoms with Gasteiger partial charge in [-0.25, -0.2) is 4.39 Å². The maximum Gasteiger partial charge on any atom is 0.124 e. The Morgan fingerprint density at radius 3 is 3.10 bits per heavy atom. The van der Waals surface area contributed by atoms with Crippen molar-refractivity contribution < 1.29 is 13.9 Å². The monoisotopic (exact) mass is 345 g/mol. The molecule has 0 aliphatic carbocycles. The van der Waals surface area contributed by atoms with Crippen LogP contribution in [0, 0.1) is 5.82 Å². The van der Waals surface area contributed by atoms with E-state index in [1.807, 2.05) is 0 Å². The third-order valence-corrected chi connectivity index (χ3v) is 4.04. The van der Waals surface area contributed by atoms with Crippen molar-refractivity contribution >= 4 is 15.9 Å². The first-order valence-electron chi connectivity index (χ1n) is 7.09. The standard InChI is InChI=1S/C15H21BrFNO2/c16-15-9-13(17)5-4-12(15)10-18-6-2-7-19-11-14-3-1-8-20-14/h4-5,9,14,18H,1-3,6-8,10-11H2. The first kappa shape index (κ1) is 15.9. The fourth-order valence-corrected chi connectivity index (χ4v) is 2.67. The molecule has 0 saturated carbocycles. The van der Waals surface area contributed by atoms with E-state index in [0.717, 1.165) is 55.6 Å². The predicted molar refractivity (Wildman–Crippen MR) is 80.2 cm³/mol. The largest absolute Gasteiger partial charge is 0.379 e. The van der Waals surface area contributed by atoms with E-state index in [1.165, 1.54) is 12.1 Å². The van der Waals surface area contributed by atoms with Crippen LogP contribution in [0.15, 0.2) is 22.7 Å². The summed E-state index contributed by atoms with van der Waals surface area (Å²) in [5.74, 6) is -0.219. The van der Waals surface area contributed by atoms with Gasteiger partial charge in [0.15, 0.2) is 0 Å². The van der Waals surface area contributed by atoms with Crippen LogP contribution in [0.4, 0.5) is 4.39 Å². The van der Waals surface area contributed by atoms with Crippen molar-refractivity contribution in [2.45, 2.75) is 31.9 Å². The summed E-state index contributed by atoms with van der Waals surface area (Å²) in [6, 6.07) is 4.76. The molecule has 1 unspecified atom stereocenters. The van der Waals surface area contributed by atoms with Gasteiger partial charge in [-0.3, -0.25) is 0 Å². The molecule has 1 aromatic carbocycles. The van der Waals surface area contributed by atoms with E-state index < -0.39 is 0 Å². The molecule has 2 rings (SSSR count). The highest BCUT2D eigenvalue weighted by atomic mass is 79.9. The zero-order valence-electron chi connectivity index (χ0n) is 11.5. The Hall–Kier alpha value is -0.490. The Morgan fingerprint density at radius 1 is 1.45 bits per heavy atom. The van der Waals surface area contributed by atoms with Gasteiger partial charge in [0.25, 0.3) is 0 Å². The summed E-state index contributed by atoms with van der Waals surface area (Å²) in [5.41, 5.74) is 1.06. The number of rotatable bonds is 8. The van der Waals surface area contributed by atoms with Crippen molar-refractivity contribution in [1.29, 1.82) is 0 Å². The summed E-state index contributed by atoms with van der Waals surface area (Å²) >= 11 is 3.36. The van der Waals surface area contributed by atoms with Crippen LogP contribution >= 0.6 is 15.9 Å². The first-order chi connectivity index (χ1) is 9.75. The zero-order valence-corrected chi connectivity index (χ0v) is 13.1. The van der Waals surface area contributed by atoms with Gasteiger partial charge in [-0.2, -0.15) is 0 Å². The molecule has 5 heteroatoms. The second kappa shape index (κ2) is 8.72. The van der Waals surface area contributed by atoms with Gasteiger partial charge >= 0.3 is 0 Å². The molecular formula is C15H21BrFNO2. The molecule has 1 saturated heterocycles. The molecule has 112 valence electrons. The maximum atomic E-state index is 12.9. The molecule has 0 amide bonds. The van der Waals surface area contributed by atoms with Crippen LogP contribution in [0.3, 0.4) is 0 Å². The van der Waals surface area contributed by atoms with Crippen LogP contribution in [-0.2, 0) is 16.0 Å². The van der Waals surface area contributed by atoms with Crippen LogP contribution in [0.1, 0.15) is 24.8 Å². The minimum absolute atomic E-state index is 0.219. The molecule has 0 aromatic heterocycles. The third kappa shape index (κ3) is 5.48. The average Bonchev–Trinajstić information content (AvgIpc) is 2.93. The van der Waals surface area contributed by atoms with Gasteiger partial charge in [-0.15, -0.1) is 0 Å². The molecule has 1 aliphatic heterocycles. The van der Waals surface area contributed by atoms with E-state index in [1.54, 1.807) is 6.07 Å². The van der Waals surface area contributed by atoms with Crippen LogP contribution in [0.5, 0.6) is 0 Å². The van der Waals surface area contributed by atoms with Crippen molar-refractivity contribution in [2.75, 3.05) is 26.4 Å². The molecule has 1 fully saturated rings. The highest BCUT2D eigenvalue weighted by Crippen LogP contribution is 2.17. The highest BCUT2D eigenvalue weighted by molar-refractivity contribution is 9.10. The summed E-state index contributed by atoms with van der Waals surface area (Å²) in [6.45, 7) is 3.95. The number of ether oxygens (including phenoxy) is 2.